The summed E-state index contributed by atoms with van der Waals surface area (Å²) in [5.74, 6) is 2.84. The fourth-order valence-electron chi connectivity index (χ4n) is 2.97. The number of fused-ring (bicyclic) bond motifs is 1. The third kappa shape index (κ3) is 3.28. The van der Waals surface area contributed by atoms with Crippen molar-refractivity contribution >= 4 is 11.9 Å². The van der Waals surface area contributed by atoms with Crippen LogP contribution in [0.5, 0.6) is 11.5 Å². The summed E-state index contributed by atoms with van der Waals surface area (Å²) in [6.07, 6.45) is 3.52. The van der Waals surface area contributed by atoms with Crippen LogP contribution in [0.4, 0.5) is 5.95 Å². The normalized spacial score (nSPS) is 17.0. The maximum absolute atomic E-state index is 6.18. The molecule has 0 saturated carbocycles. The predicted octanol–water partition coefficient (Wildman–Crippen LogP) is 0.842. The molecule has 8 nitrogen and oxygen atoms in total. The highest BCUT2D eigenvalue weighted by Gasteiger charge is 2.21. The van der Waals surface area contributed by atoms with Crippen molar-refractivity contribution in [2.75, 3.05) is 37.9 Å². The second-order valence-electron chi connectivity index (χ2n) is 5.85. The van der Waals surface area contributed by atoms with Gasteiger partial charge in [-0.05, 0) is 12.1 Å². The molecule has 1 aromatic heterocycles. The van der Waals surface area contributed by atoms with Crippen LogP contribution in [0, 0.1) is 0 Å². The van der Waals surface area contributed by atoms with Crippen molar-refractivity contribution in [3.63, 3.8) is 0 Å². The van der Waals surface area contributed by atoms with Crippen molar-refractivity contribution in [1.29, 1.82) is 0 Å². The molecule has 2 aliphatic rings. The highest BCUT2D eigenvalue weighted by molar-refractivity contribution is 5.78. The van der Waals surface area contributed by atoms with Gasteiger partial charge >= 0.3 is 0 Å². The molecule has 0 bridgehead atoms. The predicted molar refractivity (Wildman–Crippen MR) is 93.7 cm³/mol. The van der Waals surface area contributed by atoms with E-state index in [1.165, 1.54) is 0 Å². The number of nitrogens with zero attached hydrogens (tertiary/aromatic N) is 5. The number of anilines is 1. The fourth-order valence-corrected chi connectivity index (χ4v) is 2.97. The van der Waals surface area contributed by atoms with Gasteiger partial charge in [0.05, 0.1) is 6.54 Å². The van der Waals surface area contributed by atoms with Crippen LogP contribution >= 0.6 is 0 Å². The van der Waals surface area contributed by atoms with Crippen LogP contribution in [-0.4, -0.2) is 53.8 Å². The number of rotatable bonds is 3. The first-order valence-electron chi connectivity index (χ1n) is 8.25. The Kier molecular flexibility index (Phi) is 4.24. The summed E-state index contributed by atoms with van der Waals surface area (Å²) in [6, 6.07) is 7.63. The maximum atomic E-state index is 6.18. The third-order valence-corrected chi connectivity index (χ3v) is 4.33. The van der Waals surface area contributed by atoms with Crippen LogP contribution in [0.3, 0.4) is 0 Å². The Morgan fingerprint density at radius 3 is 2.68 bits per heavy atom. The molecule has 2 aliphatic heterocycles. The number of hydrogen-bond donors (Lipinski definition) is 1. The smallest absolute Gasteiger partial charge is 0.231 e. The Balaban J connectivity index is 1.37. The number of guanidine groups is 1. The quantitative estimate of drug-likeness (QED) is 0.654. The van der Waals surface area contributed by atoms with Gasteiger partial charge < -0.3 is 25.0 Å². The van der Waals surface area contributed by atoms with E-state index in [0.29, 0.717) is 12.5 Å². The molecule has 3 heterocycles. The lowest BCUT2D eigenvalue weighted by molar-refractivity contribution is 0.173. The molecule has 8 heteroatoms. The zero-order valence-corrected chi connectivity index (χ0v) is 13.8. The van der Waals surface area contributed by atoms with E-state index in [4.69, 9.17) is 15.2 Å². The largest absolute Gasteiger partial charge is 0.454 e. The number of hydrogen-bond acceptors (Lipinski definition) is 6. The SMILES string of the molecule is NC(=NCc1cccc2c1OCO2)N1CCN(c2ncccn2)CC1. The highest BCUT2D eigenvalue weighted by atomic mass is 16.7. The van der Waals surface area contributed by atoms with Crippen LogP contribution in [0.25, 0.3) is 0 Å². The number of para-hydroxylation sites is 1. The zero-order valence-electron chi connectivity index (χ0n) is 13.8. The van der Waals surface area contributed by atoms with E-state index in [0.717, 1.165) is 49.2 Å². The van der Waals surface area contributed by atoms with Crippen molar-refractivity contribution < 1.29 is 9.47 Å². The molecule has 1 saturated heterocycles. The Labute approximate surface area is 145 Å². The van der Waals surface area contributed by atoms with E-state index in [-0.39, 0.29) is 6.79 Å². The average molecular weight is 340 g/mol. The molecule has 25 heavy (non-hydrogen) atoms. The molecular weight excluding hydrogens is 320 g/mol. The molecule has 2 aromatic rings. The molecule has 0 atom stereocenters. The van der Waals surface area contributed by atoms with Gasteiger partial charge in [0.2, 0.25) is 12.7 Å². The fraction of sp³-hybridized carbons (Fsp3) is 0.353. The molecule has 4 rings (SSSR count). The van der Waals surface area contributed by atoms with Gasteiger partial charge in [0.1, 0.15) is 0 Å². The topological polar surface area (TPSA) is 89.1 Å². The number of ether oxygens (including phenoxy) is 2. The Bertz CT molecular complexity index is 759. The minimum Gasteiger partial charge on any atom is -0.454 e. The molecule has 2 N–H and O–H groups in total. The first-order valence-corrected chi connectivity index (χ1v) is 8.25. The maximum Gasteiger partial charge on any atom is 0.231 e. The van der Waals surface area contributed by atoms with Gasteiger partial charge in [-0.3, -0.25) is 0 Å². The molecule has 1 fully saturated rings. The van der Waals surface area contributed by atoms with Crippen LogP contribution in [0.2, 0.25) is 0 Å². The standard InChI is InChI=1S/C17H20N6O2/c18-16(21-11-13-3-1-4-14-15(13)25-12-24-14)22-7-9-23(10-8-22)17-19-5-2-6-20-17/h1-6H,7-12H2,(H2,18,21). The monoisotopic (exact) mass is 340 g/mol. The summed E-state index contributed by atoms with van der Waals surface area (Å²) in [7, 11) is 0. The van der Waals surface area contributed by atoms with E-state index < -0.39 is 0 Å². The lowest BCUT2D eigenvalue weighted by Crippen LogP contribution is -2.51. The second kappa shape index (κ2) is 6.84. The molecular formula is C17H20N6O2. The van der Waals surface area contributed by atoms with Gasteiger partial charge in [-0.25, -0.2) is 15.0 Å². The summed E-state index contributed by atoms with van der Waals surface area (Å²) >= 11 is 0. The lowest BCUT2D eigenvalue weighted by atomic mass is 10.2. The summed E-state index contributed by atoms with van der Waals surface area (Å²) in [5.41, 5.74) is 7.16. The third-order valence-electron chi connectivity index (χ3n) is 4.33. The number of piperazine rings is 1. The van der Waals surface area contributed by atoms with Crippen LogP contribution < -0.4 is 20.1 Å². The van der Waals surface area contributed by atoms with E-state index >= 15 is 0 Å². The van der Waals surface area contributed by atoms with Crippen molar-refractivity contribution in [2.45, 2.75) is 6.54 Å². The Morgan fingerprint density at radius 1 is 1.08 bits per heavy atom. The van der Waals surface area contributed by atoms with E-state index in [1.807, 2.05) is 24.3 Å². The van der Waals surface area contributed by atoms with Crippen molar-refractivity contribution in [1.82, 2.24) is 14.9 Å². The molecule has 0 unspecified atom stereocenters. The van der Waals surface area contributed by atoms with E-state index in [2.05, 4.69) is 24.8 Å². The van der Waals surface area contributed by atoms with Gasteiger partial charge in [0, 0.05) is 44.1 Å². The van der Waals surface area contributed by atoms with Gasteiger partial charge in [0.15, 0.2) is 17.5 Å². The highest BCUT2D eigenvalue weighted by Crippen LogP contribution is 2.35. The van der Waals surface area contributed by atoms with Crippen LogP contribution in [-0.2, 0) is 6.54 Å². The Hall–Kier alpha value is -3.03. The summed E-state index contributed by atoms with van der Waals surface area (Å²) in [6.45, 7) is 3.95. The first kappa shape index (κ1) is 15.5. The van der Waals surface area contributed by atoms with Gasteiger partial charge in [-0.2, -0.15) is 0 Å². The minimum atomic E-state index is 0.259. The van der Waals surface area contributed by atoms with Crippen molar-refractivity contribution in [3.8, 4) is 11.5 Å². The number of benzene rings is 1. The van der Waals surface area contributed by atoms with Crippen LogP contribution in [0.1, 0.15) is 5.56 Å². The van der Waals surface area contributed by atoms with Gasteiger partial charge in [-0.15, -0.1) is 0 Å². The number of nitrogens with two attached hydrogens (primary N) is 1. The lowest BCUT2D eigenvalue weighted by Gasteiger charge is -2.35. The van der Waals surface area contributed by atoms with Crippen LogP contribution in [0.15, 0.2) is 41.7 Å². The van der Waals surface area contributed by atoms with Gasteiger partial charge in [0.25, 0.3) is 0 Å². The summed E-state index contributed by atoms with van der Waals surface area (Å²) < 4.78 is 10.9. The van der Waals surface area contributed by atoms with Crippen molar-refractivity contribution in [3.05, 3.63) is 42.2 Å². The van der Waals surface area contributed by atoms with E-state index in [1.54, 1.807) is 12.4 Å². The van der Waals surface area contributed by atoms with E-state index in [9.17, 15) is 0 Å². The number of aromatic nitrogens is 2. The zero-order chi connectivity index (χ0) is 17.1. The molecule has 0 spiro atoms. The summed E-state index contributed by atoms with van der Waals surface area (Å²) in [4.78, 5) is 17.3. The molecule has 0 aliphatic carbocycles. The molecule has 1 aromatic carbocycles. The average Bonchev–Trinajstić information content (AvgIpc) is 3.16. The first-order chi connectivity index (χ1) is 12.3. The number of aliphatic imine (C=N–C) groups is 1. The van der Waals surface area contributed by atoms with Gasteiger partial charge in [-0.1, -0.05) is 12.1 Å². The summed E-state index contributed by atoms with van der Waals surface area (Å²) in [5, 5.41) is 0. The second-order valence-corrected chi connectivity index (χ2v) is 5.85. The molecule has 130 valence electrons. The Morgan fingerprint density at radius 2 is 1.88 bits per heavy atom. The minimum absolute atomic E-state index is 0.259. The van der Waals surface area contributed by atoms with Crippen molar-refractivity contribution in [2.24, 2.45) is 10.7 Å². The molecule has 0 radical (unpaired) electrons. The molecule has 0 amide bonds.